The third kappa shape index (κ3) is 3.97. The summed E-state index contributed by atoms with van der Waals surface area (Å²) in [4.78, 5) is 21.2. The number of rotatable bonds is 5. The van der Waals surface area contributed by atoms with Crippen LogP contribution in [0.1, 0.15) is 5.56 Å². The molecule has 3 heterocycles. The van der Waals surface area contributed by atoms with Gasteiger partial charge in [-0.2, -0.15) is 4.98 Å². The molecular weight excluding hydrogens is 398 g/mol. The molecule has 0 saturated carbocycles. The second-order valence-corrected chi connectivity index (χ2v) is 7.08. The molecule has 5 rings (SSSR count). The molecule has 0 atom stereocenters. The molecule has 1 amide bonds. The van der Waals surface area contributed by atoms with E-state index in [0.717, 1.165) is 11.1 Å². The maximum atomic E-state index is 12.4. The number of imidazole rings is 1. The van der Waals surface area contributed by atoms with E-state index < -0.39 is 0 Å². The van der Waals surface area contributed by atoms with Gasteiger partial charge < -0.3 is 23.9 Å². The molecule has 2 aromatic heterocycles. The Hall–Kier alpha value is -4.14. The zero-order chi connectivity index (χ0) is 21.2. The number of aromatic nitrogens is 4. The molecule has 0 fully saturated rings. The van der Waals surface area contributed by atoms with E-state index >= 15 is 0 Å². The zero-order valence-electron chi connectivity index (χ0n) is 16.7. The zero-order valence-corrected chi connectivity index (χ0v) is 16.7. The van der Waals surface area contributed by atoms with Crippen molar-refractivity contribution in [1.82, 2.24) is 19.7 Å². The highest BCUT2D eigenvalue weighted by Crippen LogP contribution is 2.32. The van der Waals surface area contributed by atoms with E-state index in [2.05, 4.69) is 20.4 Å². The standard InChI is InChI=1S/C22H19N5O4/c1-14-4-2-3-5-16(14)22-25-21(26-31-22)17-11-27(13-23-17)12-20(28)24-15-6-7-18-19(10-15)30-9-8-29-18/h2-7,10-11,13H,8-9,12H2,1H3,(H,24,28). The SMILES string of the molecule is Cc1ccccc1-c1nc(-c2cn(CC(=O)Nc3ccc4c(c3)OCCO4)cn2)no1. The average Bonchev–Trinajstić information content (AvgIpc) is 3.44. The van der Waals surface area contributed by atoms with E-state index in [1.165, 1.54) is 0 Å². The molecule has 1 aliphatic rings. The van der Waals surface area contributed by atoms with Crippen LogP contribution in [0.4, 0.5) is 5.69 Å². The van der Waals surface area contributed by atoms with Crippen molar-refractivity contribution in [3.8, 4) is 34.5 Å². The number of hydrogen-bond acceptors (Lipinski definition) is 7. The summed E-state index contributed by atoms with van der Waals surface area (Å²) in [5.41, 5.74) is 3.07. The lowest BCUT2D eigenvalue weighted by Crippen LogP contribution is -2.19. The van der Waals surface area contributed by atoms with Gasteiger partial charge in [-0.1, -0.05) is 23.4 Å². The third-order valence-corrected chi connectivity index (χ3v) is 4.82. The molecule has 1 N–H and O–H groups in total. The molecule has 0 spiro atoms. The number of fused-ring (bicyclic) bond motifs is 1. The van der Waals surface area contributed by atoms with Gasteiger partial charge in [0.25, 0.3) is 5.89 Å². The predicted octanol–water partition coefficient (Wildman–Crippen LogP) is 3.32. The summed E-state index contributed by atoms with van der Waals surface area (Å²) in [5, 5.41) is 6.87. The van der Waals surface area contributed by atoms with Gasteiger partial charge in [0, 0.05) is 23.5 Å². The molecule has 9 heteroatoms. The quantitative estimate of drug-likeness (QED) is 0.531. The smallest absolute Gasteiger partial charge is 0.258 e. The molecule has 0 saturated heterocycles. The molecule has 0 unspecified atom stereocenters. The number of carbonyl (C=O) groups excluding carboxylic acids is 1. The second kappa shape index (κ2) is 7.94. The molecule has 9 nitrogen and oxygen atoms in total. The van der Waals surface area contributed by atoms with Crippen LogP contribution >= 0.6 is 0 Å². The Morgan fingerprint density at radius 2 is 1.97 bits per heavy atom. The van der Waals surface area contributed by atoms with Crippen molar-refractivity contribution in [1.29, 1.82) is 0 Å². The van der Waals surface area contributed by atoms with E-state index in [1.54, 1.807) is 35.3 Å². The number of hydrogen-bond donors (Lipinski definition) is 1. The minimum Gasteiger partial charge on any atom is -0.486 e. The maximum absolute atomic E-state index is 12.4. The van der Waals surface area contributed by atoms with Gasteiger partial charge >= 0.3 is 0 Å². The Labute approximate surface area is 177 Å². The summed E-state index contributed by atoms with van der Waals surface area (Å²) in [5.74, 6) is 1.89. The van der Waals surface area contributed by atoms with E-state index in [0.29, 0.717) is 47.8 Å². The monoisotopic (exact) mass is 417 g/mol. The highest BCUT2D eigenvalue weighted by molar-refractivity contribution is 5.91. The lowest BCUT2D eigenvalue weighted by Gasteiger charge is -2.19. The topological polar surface area (TPSA) is 104 Å². The molecular formula is C22H19N5O4. The van der Waals surface area contributed by atoms with Crippen LogP contribution in [0.25, 0.3) is 23.0 Å². The molecule has 1 aliphatic heterocycles. The van der Waals surface area contributed by atoms with Crippen molar-refractivity contribution < 1.29 is 18.8 Å². The van der Waals surface area contributed by atoms with Crippen LogP contribution in [0.2, 0.25) is 0 Å². The van der Waals surface area contributed by atoms with Crippen LogP contribution in [0, 0.1) is 6.92 Å². The van der Waals surface area contributed by atoms with Gasteiger partial charge in [0.2, 0.25) is 11.7 Å². The number of aryl methyl sites for hydroxylation is 1. The average molecular weight is 417 g/mol. The van der Waals surface area contributed by atoms with E-state index in [9.17, 15) is 4.79 Å². The fourth-order valence-corrected chi connectivity index (χ4v) is 3.30. The Balaban J connectivity index is 1.26. The molecule has 156 valence electrons. The summed E-state index contributed by atoms with van der Waals surface area (Å²) < 4.78 is 18.1. The Morgan fingerprint density at radius 1 is 1.13 bits per heavy atom. The molecule has 0 aliphatic carbocycles. The molecule has 2 aromatic carbocycles. The first-order valence-corrected chi connectivity index (χ1v) is 9.77. The largest absolute Gasteiger partial charge is 0.486 e. The number of nitrogens with zero attached hydrogens (tertiary/aromatic N) is 4. The van der Waals surface area contributed by atoms with Gasteiger partial charge in [0.05, 0.1) is 6.33 Å². The number of carbonyl (C=O) groups is 1. The molecule has 31 heavy (non-hydrogen) atoms. The lowest BCUT2D eigenvalue weighted by molar-refractivity contribution is -0.116. The third-order valence-electron chi connectivity index (χ3n) is 4.82. The number of nitrogens with one attached hydrogen (secondary N) is 1. The van der Waals surface area contributed by atoms with Crippen LogP contribution in [-0.2, 0) is 11.3 Å². The van der Waals surface area contributed by atoms with Crippen LogP contribution in [0.15, 0.2) is 59.5 Å². The lowest BCUT2D eigenvalue weighted by atomic mass is 10.1. The van der Waals surface area contributed by atoms with Gasteiger partial charge in [-0.3, -0.25) is 4.79 Å². The minimum atomic E-state index is -0.200. The van der Waals surface area contributed by atoms with Gasteiger partial charge in [0.15, 0.2) is 11.5 Å². The normalized spacial score (nSPS) is 12.5. The summed E-state index contributed by atoms with van der Waals surface area (Å²) in [6, 6.07) is 13.1. The van der Waals surface area contributed by atoms with Crippen molar-refractivity contribution >= 4 is 11.6 Å². The molecule has 4 aromatic rings. The van der Waals surface area contributed by atoms with Gasteiger partial charge in [-0.05, 0) is 30.7 Å². The Morgan fingerprint density at radius 3 is 2.84 bits per heavy atom. The highest BCUT2D eigenvalue weighted by atomic mass is 16.6. The molecule has 0 radical (unpaired) electrons. The van der Waals surface area contributed by atoms with Gasteiger partial charge in [-0.15, -0.1) is 0 Å². The van der Waals surface area contributed by atoms with Crippen molar-refractivity contribution in [2.75, 3.05) is 18.5 Å². The van der Waals surface area contributed by atoms with Crippen LogP contribution in [0.3, 0.4) is 0 Å². The highest BCUT2D eigenvalue weighted by Gasteiger charge is 2.16. The van der Waals surface area contributed by atoms with Crippen LogP contribution in [0.5, 0.6) is 11.5 Å². The Bertz CT molecular complexity index is 1250. The maximum Gasteiger partial charge on any atom is 0.258 e. The van der Waals surface area contributed by atoms with E-state index in [1.807, 2.05) is 31.2 Å². The predicted molar refractivity (Wildman–Crippen MR) is 112 cm³/mol. The molecule has 0 bridgehead atoms. The first-order chi connectivity index (χ1) is 15.2. The number of benzene rings is 2. The van der Waals surface area contributed by atoms with E-state index in [4.69, 9.17) is 14.0 Å². The van der Waals surface area contributed by atoms with Crippen molar-refractivity contribution in [3.05, 3.63) is 60.6 Å². The number of amides is 1. The van der Waals surface area contributed by atoms with Gasteiger partial charge in [0.1, 0.15) is 25.5 Å². The fourth-order valence-electron chi connectivity index (χ4n) is 3.30. The minimum absolute atomic E-state index is 0.0872. The summed E-state index contributed by atoms with van der Waals surface area (Å²) in [6.45, 7) is 3.08. The van der Waals surface area contributed by atoms with Crippen molar-refractivity contribution in [2.24, 2.45) is 0 Å². The van der Waals surface area contributed by atoms with Crippen molar-refractivity contribution in [2.45, 2.75) is 13.5 Å². The first-order valence-electron chi connectivity index (χ1n) is 9.77. The van der Waals surface area contributed by atoms with Crippen molar-refractivity contribution in [3.63, 3.8) is 0 Å². The Kier molecular flexibility index (Phi) is 4.83. The first kappa shape index (κ1) is 18.9. The summed E-state index contributed by atoms with van der Waals surface area (Å²) in [7, 11) is 0. The number of ether oxygens (including phenoxy) is 2. The van der Waals surface area contributed by atoms with E-state index in [-0.39, 0.29) is 12.5 Å². The number of anilines is 1. The van der Waals surface area contributed by atoms with Crippen LogP contribution < -0.4 is 14.8 Å². The summed E-state index contributed by atoms with van der Waals surface area (Å²) in [6.07, 6.45) is 3.26. The second-order valence-electron chi connectivity index (χ2n) is 7.08. The summed E-state index contributed by atoms with van der Waals surface area (Å²) >= 11 is 0. The van der Waals surface area contributed by atoms with Gasteiger partial charge in [-0.25, -0.2) is 4.98 Å². The van der Waals surface area contributed by atoms with Crippen LogP contribution in [-0.4, -0.2) is 38.8 Å². The fraction of sp³-hybridized carbons (Fsp3) is 0.182.